The minimum absolute atomic E-state index is 0.229. The molecule has 2 saturated heterocycles. The number of esters is 1. The lowest BCUT2D eigenvalue weighted by atomic mass is 9.62. The third kappa shape index (κ3) is 4.36. The number of ether oxygens (including phenoxy) is 1. The molecule has 0 atom stereocenters. The quantitative estimate of drug-likeness (QED) is 0.397. The molecule has 0 saturated carbocycles. The zero-order chi connectivity index (χ0) is 23.2. The van der Waals surface area contributed by atoms with Gasteiger partial charge in [0.2, 0.25) is 0 Å². The largest absolute Gasteiger partial charge is 0.501 e. The van der Waals surface area contributed by atoms with Gasteiger partial charge in [-0.05, 0) is 73.3 Å². The van der Waals surface area contributed by atoms with Crippen molar-refractivity contribution >= 4 is 25.7 Å². The number of rotatable bonds is 5. The fraction of sp³-hybridized carbons (Fsp3) is 0.609. The van der Waals surface area contributed by atoms with Crippen molar-refractivity contribution < 1.29 is 28.1 Å². The lowest BCUT2D eigenvalue weighted by Crippen LogP contribution is -2.41. The number of hydrogen-bond donors (Lipinski definition) is 0. The van der Waals surface area contributed by atoms with E-state index < -0.39 is 42.6 Å². The predicted octanol–water partition coefficient (Wildman–Crippen LogP) is 4.27. The Hall–Kier alpha value is -1.60. The third-order valence-corrected chi connectivity index (χ3v) is 6.85. The molecule has 2 aliphatic heterocycles. The van der Waals surface area contributed by atoms with Gasteiger partial charge in [-0.25, -0.2) is 4.79 Å². The van der Waals surface area contributed by atoms with Crippen LogP contribution in [0.25, 0.3) is 5.47 Å². The highest BCUT2D eigenvalue weighted by atomic mass is 16.7. The Balaban J connectivity index is 2.21. The second-order valence-corrected chi connectivity index (χ2v) is 10.1. The van der Waals surface area contributed by atoms with Gasteiger partial charge in [0.25, 0.3) is 0 Å². The zero-order valence-corrected chi connectivity index (χ0v) is 20.2. The van der Waals surface area contributed by atoms with Gasteiger partial charge in [0, 0.05) is 0 Å². The van der Waals surface area contributed by atoms with Crippen LogP contribution in [0.5, 0.6) is 0 Å². The molecule has 0 N–H and O–H groups in total. The summed E-state index contributed by atoms with van der Waals surface area (Å²) >= 11 is 0. The SMILES string of the molecule is CCOC(=O)/C(B1OC(C)(C)C(C)(C)O1)=C(\B1OC(C)(C)C(C)(C)O1)c1ccccc1. The third-order valence-electron chi connectivity index (χ3n) is 6.85. The Morgan fingerprint density at radius 2 is 1.19 bits per heavy atom. The van der Waals surface area contributed by atoms with E-state index in [1.807, 2.05) is 85.7 Å². The van der Waals surface area contributed by atoms with E-state index in [0.717, 1.165) is 5.56 Å². The van der Waals surface area contributed by atoms with Gasteiger partial charge in [0.05, 0.1) is 34.5 Å². The van der Waals surface area contributed by atoms with Crippen molar-refractivity contribution in [1.29, 1.82) is 0 Å². The van der Waals surface area contributed by atoms with Crippen LogP contribution in [0.15, 0.2) is 35.8 Å². The topological polar surface area (TPSA) is 63.2 Å². The van der Waals surface area contributed by atoms with Gasteiger partial charge in [-0.2, -0.15) is 0 Å². The molecular formula is C23H34B2O6. The Bertz CT molecular complexity index is 828. The Morgan fingerprint density at radius 1 is 0.774 bits per heavy atom. The first-order valence-corrected chi connectivity index (χ1v) is 10.9. The van der Waals surface area contributed by atoms with Crippen LogP contribution >= 0.6 is 0 Å². The zero-order valence-electron chi connectivity index (χ0n) is 20.2. The summed E-state index contributed by atoms with van der Waals surface area (Å²) in [5, 5.41) is 0. The first kappa shape index (κ1) is 24.1. The van der Waals surface area contributed by atoms with Crippen molar-refractivity contribution in [2.75, 3.05) is 6.61 Å². The molecule has 1 aromatic rings. The fourth-order valence-electron chi connectivity index (χ4n) is 3.50. The summed E-state index contributed by atoms with van der Waals surface area (Å²) in [5.74, 6) is -0.505. The molecule has 0 aromatic heterocycles. The van der Waals surface area contributed by atoms with Crippen LogP contribution in [0.4, 0.5) is 0 Å². The highest BCUT2D eigenvalue weighted by Crippen LogP contribution is 2.44. The molecule has 31 heavy (non-hydrogen) atoms. The van der Waals surface area contributed by atoms with E-state index in [0.29, 0.717) is 5.47 Å². The van der Waals surface area contributed by atoms with Crippen LogP contribution < -0.4 is 0 Å². The van der Waals surface area contributed by atoms with Crippen molar-refractivity contribution in [3.63, 3.8) is 0 Å². The van der Waals surface area contributed by atoms with E-state index in [9.17, 15) is 4.79 Å². The van der Waals surface area contributed by atoms with Crippen molar-refractivity contribution in [3.8, 4) is 0 Å². The molecule has 2 aliphatic rings. The first-order chi connectivity index (χ1) is 14.2. The minimum atomic E-state index is -0.918. The number of carbonyl (C=O) groups excluding carboxylic acids is 1. The Labute approximate surface area is 186 Å². The van der Waals surface area contributed by atoms with Gasteiger partial charge in [-0.15, -0.1) is 0 Å². The van der Waals surface area contributed by atoms with E-state index in [4.69, 9.17) is 23.4 Å². The van der Waals surface area contributed by atoms with E-state index >= 15 is 0 Å². The maximum atomic E-state index is 13.3. The lowest BCUT2D eigenvalue weighted by molar-refractivity contribution is -0.137. The summed E-state index contributed by atoms with van der Waals surface area (Å²) in [6, 6.07) is 9.58. The van der Waals surface area contributed by atoms with Gasteiger partial charge in [0.1, 0.15) is 0 Å². The van der Waals surface area contributed by atoms with Crippen LogP contribution in [0.3, 0.4) is 0 Å². The second kappa shape index (κ2) is 8.07. The lowest BCUT2D eigenvalue weighted by Gasteiger charge is -2.32. The molecule has 0 unspecified atom stereocenters. The normalized spacial score (nSPS) is 24.2. The summed E-state index contributed by atoms with van der Waals surface area (Å²) in [4.78, 5) is 13.3. The molecule has 0 radical (unpaired) electrons. The van der Waals surface area contributed by atoms with Gasteiger partial charge in [0.15, 0.2) is 0 Å². The molecule has 2 heterocycles. The summed E-state index contributed by atoms with van der Waals surface area (Å²) in [6.45, 7) is 17.7. The van der Waals surface area contributed by atoms with Gasteiger partial charge in [-0.3, -0.25) is 0 Å². The monoisotopic (exact) mass is 428 g/mol. The van der Waals surface area contributed by atoms with E-state index in [-0.39, 0.29) is 12.1 Å². The predicted molar refractivity (Wildman–Crippen MR) is 122 cm³/mol. The maximum Gasteiger partial charge on any atom is 0.501 e. The molecule has 6 nitrogen and oxygen atoms in total. The second-order valence-electron chi connectivity index (χ2n) is 10.1. The van der Waals surface area contributed by atoms with E-state index in [1.165, 1.54) is 0 Å². The van der Waals surface area contributed by atoms with Crippen LogP contribution in [-0.4, -0.2) is 49.2 Å². The van der Waals surface area contributed by atoms with Crippen LogP contribution in [0.1, 0.15) is 67.9 Å². The molecule has 1 aromatic carbocycles. The number of carbonyl (C=O) groups is 1. The van der Waals surface area contributed by atoms with Gasteiger partial charge in [-0.1, -0.05) is 30.3 Å². The molecule has 0 amide bonds. The summed E-state index contributed by atoms with van der Waals surface area (Å²) in [7, 11) is -1.70. The minimum Gasteiger partial charge on any atom is -0.463 e. The van der Waals surface area contributed by atoms with E-state index in [2.05, 4.69) is 0 Å². The smallest absolute Gasteiger partial charge is 0.463 e. The highest BCUT2D eigenvalue weighted by molar-refractivity contribution is 6.77. The maximum absolute atomic E-state index is 13.3. The molecule has 8 heteroatoms. The summed E-state index contributed by atoms with van der Waals surface area (Å²) < 4.78 is 30.7. The van der Waals surface area contributed by atoms with Crippen molar-refractivity contribution in [2.45, 2.75) is 84.7 Å². The Morgan fingerprint density at radius 3 is 1.61 bits per heavy atom. The summed E-state index contributed by atoms with van der Waals surface area (Å²) in [6.07, 6.45) is 0. The Kier molecular flexibility index (Phi) is 6.26. The standard InChI is InChI=1S/C23H34B2O6/c1-10-27-19(26)18(25-30-22(6,7)23(8,9)31-25)17(16-14-12-11-13-15-16)24-28-20(2,3)21(4,5)29-24/h11-15H,10H2,1-9H3/b18-17+. The van der Waals surface area contributed by atoms with Gasteiger partial charge >= 0.3 is 20.2 Å². The summed E-state index contributed by atoms with van der Waals surface area (Å²) in [5.41, 5.74) is -0.763. The average Bonchev–Trinajstić information content (AvgIpc) is 2.99. The molecule has 2 fully saturated rings. The highest BCUT2D eigenvalue weighted by Gasteiger charge is 2.58. The average molecular weight is 428 g/mol. The molecule has 0 spiro atoms. The van der Waals surface area contributed by atoms with E-state index in [1.54, 1.807) is 6.92 Å². The van der Waals surface area contributed by atoms with Crippen molar-refractivity contribution in [2.24, 2.45) is 0 Å². The molecule has 3 rings (SSSR count). The van der Waals surface area contributed by atoms with Crippen LogP contribution in [0, 0.1) is 0 Å². The fourth-order valence-corrected chi connectivity index (χ4v) is 3.50. The molecule has 168 valence electrons. The molecule has 0 aliphatic carbocycles. The van der Waals surface area contributed by atoms with Crippen LogP contribution in [-0.2, 0) is 28.1 Å². The van der Waals surface area contributed by atoms with Gasteiger partial charge < -0.3 is 23.4 Å². The van der Waals surface area contributed by atoms with Crippen molar-refractivity contribution in [1.82, 2.24) is 0 Å². The molecule has 0 bridgehead atoms. The van der Waals surface area contributed by atoms with Crippen molar-refractivity contribution in [3.05, 3.63) is 41.4 Å². The number of benzene rings is 1. The first-order valence-electron chi connectivity index (χ1n) is 10.9. The van der Waals surface area contributed by atoms with Crippen LogP contribution in [0.2, 0.25) is 0 Å². The molecular weight excluding hydrogens is 394 g/mol. The number of hydrogen-bond acceptors (Lipinski definition) is 6.